The van der Waals surface area contributed by atoms with E-state index in [4.69, 9.17) is 0 Å². The number of rotatable bonds is 0. The van der Waals surface area contributed by atoms with Crippen molar-refractivity contribution < 1.29 is 13.2 Å². The standard InChI is InChI=1S/C9H16F3N3/c1-8(2)6-14-4-5-15(8)7(13-3)9(10,11)12/h14H,4-6H2,1-3H3/b13-7-. The Morgan fingerprint density at radius 1 is 1.40 bits per heavy atom. The van der Waals surface area contributed by atoms with Crippen LogP contribution in [-0.2, 0) is 0 Å². The van der Waals surface area contributed by atoms with Gasteiger partial charge in [-0.2, -0.15) is 13.2 Å². The molecular formula is C9H16F3N3. The molecule has 0 bridgehead atoms. The van der Waals surface area contributed by atoms with E-state index in [0.717, 1.165) is 0 Å². The van der Waals surface area contributed by atoms with Crippen molar-refractivity contribution in [2.24, 2.45) is 4.99 Å². The zero-order valence-corrected chi connectivity index (χ0v) is 9.15. The van der Waals surface area contributed by atoms with Gasteiger partial charge in [0.1, 0.15) is 0 Å². The number of hydrogen-bond acceptors (Lipinski definition) is 2. The van der Waals surface area contributed by atoms with E-state index >= 15 is 0 Å². The van der Waals surface area contributed by atoms with E-state index in [-0.39, 0.29) is 0 Å². The minimum absolute atomic E-state index is 0.333. The molecule has 88 valence electrons. The fourth-order valence-corrected chi connectivity index (χ4v) is 1.78. The average molecular weight is 223 g/mol. The Morgan fingerprint density at radius 3 is 2.40 bits per heavy atom. The maximum Gasteiger partial charge on any atom is 0.449 e. The largest absolute Gasteiger partial charge is 0.449 e. The fourth-order valence-electron chi connectivity index (χ4n) is 1.78. The molecule has 0 radical (unpaired) electrons. The summed E-state index contributed by atoms with van der Waals surface area (Å²) in [4.78, 5) is 4.69. The summed E-state index contributed by atoms with van der Waals surface area (Å²) in [7, 11) is 1.18. The van der Waals surface area contributed by atoms with Gasteiger partial charge in [-0.15, -0.1) is 0 Å². The molecule has 6 heteroatoms. The second kappa shape index (κ2) is 4.00. The normalized spacial score (nSPS) is 23.1. The maximum absolute atomic E-state index is 12.7. The number of halogens is 3. The molecule has 1 N–H and O–H groups in total. The van der Waals surface area contributed by atoms with Crippen LogP contribution in [0.3, 0.4) is 0 Å². The van der Waals surface area contributed by atoms with E-state index in [9.17, 15) is 13.2 Å². The number of nitrogens with one attached hydrogen (secondary N) is 1. The highest BCUT2D eigenvalue weighted by atomic mass is 19.4. The average Bonchev–Trinajstić information content (AvgIpc) is 2.06. The van der Waals surface area contributed by atoms with E-state index in [1.54, 1.807) is 13.8 Å². The van der Waals surface area contributed by atoms with Gasteiger partial charge in [-0.1, -0.05) is 0 Å². The SMILES string of the molecule is C/N=C(\N1CCNCC1(C)C)C(F)(F)F. The summed E-state index contributed by atoms with van der Waals surface area (Å²) in [5, 5.41) is 3.07. The lowest BCUT2D eigenvalue weighted by molar-refractivity contribution is -0.0749. The number of amidine groups is 1. The quantitative estimate of drug-likeness (QED) is 0.494. The molecule has 1 heterocycles. The van der Waals surface area contributed by atoms with Crippen LogP contribution in [0.2, 0.25) is 0 Å². The number of aliphatic imine (C=N–C) groups is 1. The molecule has 0 saturated carbocycles. The van der Waals surface area contributed by atoms with Gasteiger partial charge in [0.15, 0.2) is 0 Å². The van der Waals surface area contributed by atoms with Crippen LogP contribution in [0.1, 0.15) is 13.8 Å². The molecule has 1 aliphatic rings. The zero-order valence-electron chi connectivity index (χ0n) is 9.15. The summed E-state index contributed by atoms with van der Waals surface area (Å²) in [6.45, 7) is 4.96. The highest BCUT2D eigenvalue weighted by Gasteiger charge is 2.44. The van der Waals surface area contributed by atoms with Crippen LogP contribution in [-0.4, -0.2) is 49.1 Å². The Labute approximate surface area is 87.4 Å². The van der Waals surface area contributed by atoms with Gasteiger partial charge in [0.25, 0.3) is 0 Å². The minimum atomic E-state index is -4.37. The van der Waals surface area contributed by atoms with Crippen LogP contribution >= 0.6 is 0 Å². The van der Waals surface area contributed by atoms with E-state index in [2.05, 4.69) is 10.3 Å². The molecule has 0 spiro atoms. The number of nitrogens with zero attached hydrogens (tertiary/aromatic N) is 2. The molecule has 0 aromatic carbocycles. The second-order valence-electron chi connectivity index (χ2n) is 4.19. The second-order valence-corrected chi connectivity index (χ2v) is 4.19. The van der Waals surface area contributed by atoms with Crippen molar-refractivity contribution in [3.8, 4) is 0 Å². The highest BCUT2D eigenvalue weighted by Crippen LogP contribution is 2.26. The summed E-state index contributed by atoms with van der Waals surface area (Å²) < 4.78 is 38.0. The van der Waals surface area contributed by atoms with E-state index in [1.807, 2.05) is 0 Å². The first-order valence-electron chi connectivity index (χ1n) is 4.81. The summed E-state index contributed by atoms with van der Waals surface area (Å²) in [6, 6.07) is 0. The smallest absolute Gasteiger partial charge is 0.345 e. The lowest BCUT2D eigenvalue weighted by atomic mass is 10.00. The van der Waals surface area contributed by atoms with Crippen LogP contribution in [0.5, 0.6) is 0 Å². The van der Waals surface area contributed by atoms with Gasteiger partial charge in [0, 0.05) is 32.2 Å². The number of hydrogen-bond donors (Lipinski definition) is 1. The van der Waals surface area contributed by atoms with Gasteiger partial charge in [-0.25, -0.2) is 0 Å². The van der Waals surface area contributed by atoms with Crippen molar-refractivity contribution in [1.29, 1.82) is 0 Å². The zero-order chi connectivity index (χ0) is 11.7. The van der Waals surface area contributed by atoms with E-state index in [1.165, 1.54) is 11.9 Å². The lowest BCUT2D eigenvalue weighted by Crippen LogP contribution is -2.62. The predicted molar refractivity (Wildman–Crippen MR) is 53.1 cm³/mol. The first kappa shape index (κ1) is 12.3. The summed E-state index contributed by atoms with van der Waals surface area (Å²) in [6.07, 6.45) is -4.37. The van der Waals surface area contributed by atoms with Gasteiger partial charge in [-0.05, 0) is 13.8 Å². The topological polar surface area (TPSA) is 27.6 Å². The van der Waals surface area contributed by atoms with Crippen LogP contribution in [0.25, 0.3) is 0 Å². The van der Waals surface area contributed by atoms with Crippen LogP contribution in [0.15, 0.2) is 4.99 Å². The van der Waals surface area contributed by atoms with Crippen molar-refractivity contribution in [3.05, 3.63) is 0 Å². The molecule has 0 aromatic rings. The van der Waals surface area contributed by atoms with Crippen molar-refractivity contribution in [1.82, 2.24) is 10.2 Å². The van der Waals surface area contributed by atoms with E-state index in [0.29, 0.717) is 19.6 Å². The Morgan fingerprint density at radius 2 is 2.00 bits per heavy atom. The Balaban J connectivity index is 2.94. The molecule has 1 aliphatic heterocycles. The lowest BCUT2D eigenvalue weighted by Gasteiger charge is -2.44. The van der Waals surface area contributed by atoms with Crippen molar-refractivity contribution in [3.63, 3.8) is 0 Å². The van der Waals surface area contributed by atoms with Crippen molar-refractivity contribution in [2.45, 2.75) is 25.6 Å². The Kier molecular flexibility index (Phi) is 3.28. The van der Waals surface area contributed by atoms with Gasteiger partial charge < -0.3 is 10.2 Å². The van der Waals surface area contributed by atoms with Crippen molar-refractivity contribution >= 4 is 5.84 Å². The first-order chi connectivity index (χ1) is 6.79. The molecule has 1 fully saturated rings. The molecule has 15 heavy (non-hydrogen) atoms. The maximum atomic E-state index is 12.7. The van der Waals surface area contributed by atoms with Gasteiger partial charge in [-0.3, -0.25) is 4.99 Å². The third-order valence-corrected chi connectivity index (χ3v) is 2.52. The van der Waals surface area contributed by atoms with Crippen LogP contribution in [0.4, 0.5) is 13.2 Å². The fraction of sp³-hybridized carbons (Fsp3) is 0.889. The Hall–Kier alpha value is -0.780. The predicted octanol–water partition coefficient (Wildman–Crippen LogP) is 1.26. The molecule has 0 atom stereocenters. The van der Waals surface area contributed by atoms with E-state index < -0.39 is 17.6 Å². The molecule has 1 rings (SSSR count). The summed E-state index contributed by atoms with van der Waals surface area (Å²) in [5.74, 6) is -0.783. The minimum Gasteiger partial charge on any atom is -0.345 e. The molecule has 0 aliphatic carbocycles. The third kappa shape index (κ3) is 2.62. The monoisotopic (exact) mass is 223 g/mol. The Bertz CT molecular complexity index is 258. The summed E-state index contributed by atoms with van der Waals surface area (Å²) >= 11 is 0. The molecule has 3 nitrogen and oxygen atoms in total. The van der Waals surface area contributed by atoms with Crippen LogP contribution < -0.4 is 5.32 Å². The molecule has 1 saturated heterocycles. The van der Waals surface area contributed by atoms with Gasteiger partial charge in [0.2, 0.25) is 5.84 Å². The van der Waals surface area contributed by atoms with Crippen LogP contribution in [0, 0.1) is 0 Å². The third-order valence-electron chi connectivity index (χ3n) is 2.52. The number of piperazine rings is 1. The molecule has 0 unspecified atom stereocenters. The molecule has 0 aromatic heterocycles. The highest BCUT2D eigenvalue weighted by molar-refractivity contribution is 5.88. The van der Waals surface area contributed by atoms with Crippen molar-refractivity contribution in [2.75, 3.05) is 26.7 Å². The summed E-state index contributed by atoms with van der Waals surface area (Å²) in [5.41, 5.74) is -0.553. The number of alkyl halides is 3. The van der Waals surface area contributed by atoms with Gasteiger partial charge >= 0.3 is 6.18 Å². The first-order valence-corrected chi connectivity index (χ1v) is 4.81. The molecular weight excluding hydrogens is 207 g/mol. The van der Waals surface area contributed by atoms with Gasteiger partial charge in [0.05, 0.1) is 0 Å². The molecule has 0 amide bonds.